The fourth-order valence-corrected chi connectivity index (χ4v) is 4.13. The van der Waals surface area contributed by atoms with E-state index in [2.05, 4.69) is 10.6 Å². The first kappa shape index (κ1) is 16.7. The smallest absolute Gasteiger partial charge is 0.226 e. The van der Waals surface area contributed by atoms with Crippen LogP contribution < -0.4 is 10.6 Å². The van der Waals surface area contributed by atoms with Gasteiger partial charge in [0.1, 0.15) is 0 Å². The Labute approximate surface area is 142 Å². The van der Waals surface area contributed by atoms with Crippen LogP contribution in [-0.4, -0.2) is 36.8 Å². The molecule has 2 fully saturated rings. The zero-order chi connectivity index (χ0) is 16.3. The number of amides is 1. The van der Waals surface area contributed by atoms with Gasteiger partial charge in [-0.25, -0.2) is 0 Å². The third kappa shape index (κ3) is 3.87. The third-order valence-corrected chi connectivity index (χ3v) is 5.54. The van der Waals surface area contributed by atoms with E-state index in [1.54, 1.807) is 0 Å². The highest BCUT2D eigenvalue weighted by Crippen LogP contribution is 2.41. The number of carbonyl (C=O) groups is 1. The molecule has 1 saturated carbocycles. The van der Waals surface area contributed by atoms with E-state index in [1.807, 2.05) is 24.3 Å². The average molecular weight is 337 g/mol. The monoisotopic (exact) mass is 336 g/mol. The molecule has 1 aromatic rings. The lowest BCUT2D eigenvalue weighted by molar-refractivity contribution is -0.131. The van der Waals surface area contributed by atoms with E-state index in [-0.39, 0.29) is 23.3 Å². The Balaban J connectivity index is 1.66. The number of aliphatic hydroxyl groups is 1. The first-order chi connectivity index (χ1) is 11.1. The van der Waals surface area contributed by atoms with Gasteiger partial charge in [-0.1, -0.05) is 36.6 Å². The van der Waals surface area contributed by atoms with Crippen LogP contribution in [0, 0.1) is 11.3 Å². The molecule has 1 aromatic carbocycles. The maximum atomic E-state index is 12.9. The van der Waals surface area contributed by atoms with Crippen LogP contribution in [0.25, 0.3) is 0 Å². The Hall–Kier alpha value is -1.10. The van der Waals surface area contributed by atoms with E-state index in [0.29, 0.717) is 13.1 Å². The fourth-order valence-electron chi connectivity index (χ4n) is 3.91. The van der Waals surface area contributed by atoms with Crippen molar-refractivity contribution in [2.24, 2.45) is 11.3 Å². The summed E-state index contributed by atoms with van der Waals surface area (Å²) in [4.78, 5) is 12.9. The van der Waals surface area contributed by atoms with Gasteiger partial charge in [0.05, 0.1) is 11.5 Å². The zero-order valence-electron chi connectivity index (χ0n) is 13.4. The molecule has 2 unspecified atom stereocenters. The van der Waals surface area contributed by atoms with Gasteiger partial charge in [0.25, 0.3) is 0 Å². The van der Waals surface area contributed by atoms with Crippen LogP contribution in [0.1, 0.15) is 31.2 Å². The molecular weight excluding hydrogens is 312 g/mol. The molecule has 1 saturated heterocycles. The topological polar surface area (TPSA) is 61.4 Å². The van der Waals surface area contributed by atoms with Crippen LogP contribution in [0.2, 0.25) is 5.02 Å². The van der Waals surface area contributed by atoms with Crippen molar-refractivity contribution in [1.82, 2.24) is 10.6 Å². The summed E-state index contributed by atoms with van der Waals surface area (Å²) in [7, 11) is 0. The standard InChI is InChI=1S/C18H25ClN2O2/c19-15-5-3-4-13(8-15)9-18(6-1-2-7-18)17(23)21-11-14-10-20-12-16(14)22/h3-5,8,14,16,20,22H,1-2,6-7,9-12H2,(H,21,23). The molecule has 5 heteroatoms. The van der Waals surface area contributed by atoms with Crippen LogP contribution in [0.5, 0.6) is 0 Å². The number of rotatable bonds is 5. The Morgan fingerprint density at radius 3 is 2.78 bits per heavy atom. The van der Waals surface area contributed by atoms with Crippen molar-refractivity contribution in [2.45, 2.75) is 38.2 Å². The molecule has 0 spiro atoms. The number of nitrogens with one attached hydrogen (secondary N) is 2. The summed E-state index contributed by atoms with van der Waals surface area (Å²) in [5.74, 6) is 0.248. The molecule has 0 radical (unpaired) electrons. The number of benzene rings is 1. The summed E-state index contributed by atoms with van der Waals surface area (Å²) < 4.78 is 0. The molecule has 2 atom stereocenters. The number of hydrogen-bond donors (Lipinski definition) is 3. The minimum absolute atomic E-state index is 0.114. The minimum atomic E-state index is -0.359. The second kappa shape index (κ2) is 7.20. The van der Waals surface area contributed by atoms with Crippen molar-refractivity contribution < 1.29 is 9.90 Å². The molecule has 1 heterocycles. The zero-order valence-corrected chi connectivity index (χ0v) is 14.1. The summed E-state index contributed by atoms with van der Waals surface area (Å²) >= 11 is 6.08. The van der Waals surface area contributed by atoms with Crippen LogP contribution in [0.3, 0.4) is 0 Å². The fraction of sp³-hybridized carbons (Fsp3) is 0.611. The van der Waals surface area contributed by atoms with Crippen molar-refractivity contribution in [3.05, 3.63) is 34.9 Å². The number of halogens is 1. The molecule has 1 aliphatic carbocycles. The second-order valence-corrected chi connectivity index (χ2v) is 7.43. The molecule has 3 rings (SSSR count). The Kier molecular flexibility index (Phi) is 5.24. The third-order valence-electron chi connectivity index (χ3n) is 5.30. The summed E-state index contributed by atoms with van der Waals surface area (Å²) in [5.41, 5.74) is 0.805. The number of carbonyl (C=O) groups excluding carboxylic acids is 1. The first-order valence-corrected chi connectivity index (χ1v) is 8.88. The highest BCUT2D eigenvalue weighted by molar-refractivity contribution is 6.30. The SMILES string of the molecule is O=C(NCC1CNCC1O)C1(Cc2cccc(Cl)c2)CCCC1. The van der Waals surface area contributed by atoms with E-state index in [9.17, 15) is 9.90 Å². The van der Waals surface area contributed by atoms with Crippen molar-refractivity contribution in [3.63, 3.8) is 0 Å². The van der Waals surface area contributed by atoms with Crippen molar-refractivity contribution in [1.29, 1.82) is 0 Å². The average Bonchev–Trinajstić information content (AvgIpc) is 3.15. The van der Waals surface area contributed by atoms with E-state index >= 15 is 0 Å². The Morgan fingerprint density at radius 2 is 2.13 bits per heavy atom. The molecule has 1 amide bonds. The first-order valence-electron chi connectivity index (χ1n) is 8.51. The van der Waals surface area contributed by atoms with E-state index in [1.165, 1.54) is 0 Å². The van der Waals surface area contributed by atoms with Crippen molar-refractivity contribution in [2.75, 3.05) is 19.6 Å². The number of hydrogen-bond acceptors (Lipinski definition) is 3. The van der Waals surface area contributed by atoms with Gasteiger partial charge in [0, 0.05) is 30.6 Å². The van der Waals surface area contributed by atoms with E-state index in [4.69, 9.17) is 11.6 Å². The minimum Gasteiger partial charge on any atom is -0.391 e. The summed E-state index contributed by atoms with van der Waals surface area (Å²) in [6.07, 6.45) is 4.43. The van der Waals surface area contributed by atoms with Gasteiger partial charge in [0.2, 0.25) is 5.91 Å². The maximum Gasteiger partial charge on any atom is 0.226 e. The van der Waals surface area contributed by atoms with Crippen LogP contribution >= 0.6 is 11.6 Å². The second-order valence-electron chi connectivity index (χ2n) is 6.99. The van der Waals surface area contributed by atoms with Gasteiger partial charge >= 0.3 is 0 Å². The Bertz CT molecular complexity index is 558. The Morgan fingerprint density at radius 1 is 1.35 bits per heavy atom. The quantitative estimate of drug-likeness (QED) is 0.772. The van der Waals surface area contributed by atoms with Gasteiger partial charge in [-0.05, 0) is 37.0 Å². The normalized spacial score (nSPS) is 26.3. The predicted octanol–water partition coefficient (Wildman–Crippen LogP) is 2.14. The highest BCUT2D eigenvalue weighted by atomic mass is 35.5. The van der Waals surface area contributed by atoms with Crippen LogP contribution in [0.15, 0.2) is 24.3 Å². The lowest BCUT2D eigenvalue weighted by Gasteiger charge is -2.29. The molecular formula is C18H25ClN2O2. The van der Waals surface area contributed by atoms with Gasteiger partial charge in [0.15, 0.2) is 0 Å². The number of aliphatic hydroxyl groups excluding tert-OH is 1. The van der Waals surface area contributed by atoms with Crippen molar-refractivity contribution in [3.8, 4) is 0 Å². The highest BCUT2D eigenvalue weighted by Gasteiger charge is 2.41. The molecule has 3 N–H and O–H groups in total. The van der Waals surface area contributed by atoms with Crippen LogP contribution in [0.4, 0.5) is 0 Å². The predicted molar refractivity (Wildman–Crippen MR) is 91.4 cm³/mol. The molecule has 4 nitrogen and oxygen atoms in total. The van der Waals surface area contributed by atoms with Gasteiger partial charge < -0.3 is 15.7 Å². The summed E-state index contributed by atoms with van der Waals surface area (Å²) in [5, 5.41) is 16.8. The van der Waals surface area contributed by atoms with Gasteiger partial charge in [-0.2, -0.15) is 0 Å². The van der Waals surface area contributed by atoms with Gasteiger partial charge in [-0.15, -0.1) is 0 Å². The summed E-state index contributed by atoms with van der Waals surface area (Å²) in [6.45, 7) is 1.93. The van der Waals surface area contributed by atoms with E-state index in [0.717, 1.165) is 49.2 Å². The van der Waals surface area contributed by atoms with Gasteiger partial charge in [-0.3, -0.25) is 4.79 Å². The van der Waals surface area contributed by atoms with E-state index < -0.39 is 0 Å². The number of β-amino-alcohol motifs (C(OH)–C–C–N with tert-alkyl or cyclic N) is 1. The van der Waals surface area contributed by atoms with Crippen molar-refractivity contribution >= 4 is 17.5 Å². The maximum absolute atomic E-state index is 12.9. The molecule has 126 valence electrons. The lowest BCUT2D eigenvalue weighted by atomic mass is 9.79. The molecule has 23 heavy (non-hydrogen) atoms. The largest absolute Gasteiger partial charge is 0.391 e. The molecule has 2 aliphatic rings. The molecule has 1 aliphatic heterocycles. The molecule has 0 aromatic heterocycles. The summed E-state index contributed by atoms with van der Waals surface area (Å²) in [6, 6.07) is 7.81. The molecule has 0 bridgehead atoms. The lowest BCUT2D eigenvalue weighted by Crippen LogP contribution is -2.44. The van der Waals surface area contributed by atoms with Crippen LogP contribution in [-0.2, 0) is 11.2 Å².